The van der Waals surface area contributed by atoms with Crippen LogP contribution in [-0.4, -0.2) is 27.3 Å². The fraction of sp³-hybridized carbons (Fsp3) is 0.316. The van der Waals surface area contributed by atoms with Gasteiger partial charge in [-0.25, -0.2) is 0 Å². The van der Waals surface area contributed by atoms with Gasteiger partial charge in [0, 0.05) is 19.8 Å². The number of ether oxygens (including phenoxy) is 2. The minimum absolute atomic E-state index is 0.172. The lowest BCUT2D eigenvalue weighted by molar-refractivity contribution is 0.171. The van der Waals surface area contributed by atoms with Gasteiger partial charge in [-0.1, -0.05) is 18.2 Å². The molecule has 0 amide bonds. The molecule has 1 atom stereocenters. The lowest BCUT2D eigenvalue weighted by Crippen LogP contribution is -2.15. The number of hydrogen-bond acceptors (Lipinski definition) is 4. The minimum Gasteiger partial charge on any atom is -0.486 e. The van der Waals surface area contributed by atoms with Crippen molar-refractivity contribution in [3.8, 4) is 17.6 Å². The van der Waals surface area contributed by atoms with Crippen LogP contribution in [0.25, 0.3) is 0 Å². The largest absolute Gasteiger partial charge is 0.486 e. The number of nitrogens with zero attached hydrogens (tertiary/aromatic N) is 2. The summed E-state index contributed by atoms with van der Waals surface area (Å²) in [6, 6.07) is 16.5. The molecule has 0 aromatic heterocycles. The first kappa shape index (κ1) is 15.2. The average Bonchev–Trinajstić information content (AvgIpc) is 2.59. The Balaban J connectivity index is 1.78. The number of nitriles is 1. The molecule has 0 radical (unpaired) electrons. The Kier molecular flexibility index (Phi) is 4.38. The van der Waals surface area contributed by atoms with Crippen LogP contribution in [0.3, 0.4) is 0 Å². The number of benzene rings is 2. The van der Waals surface area contributed by atoms with E-state index in [1.165, 1.54) is 0 Å². The highest BCUT2D eigenvalue weighted by Crippen LogP contribution is 2.32. The van der Waals surface area contributed by atoms with E-state index in [9.17, 15) is 5.26 Å². The van der Waals surface area contributed by atoms with Gasteiger partial charge in [0.25, 0.3) is 0 Å². The SMILES string of the molecule is CN(C)c1ccc(C(C#N)Cc2ccc3c(c2)OCCO3)cc1. The molecular formula is C19H20N2O2. The van der Waals surface area contributed by atoms with Gasteiger partial charge in [0.1, 0.15) is 13.2 Å². The van der Waals surface area contributed by atoms with E-state index in [0.717, 1.165) is 28.3 Å². The maximum absolute atomic E-state index is 9.54. The van der Waals surface area contributed by atoms with Crippen LogP contribution >= 0.6 is 0 Å². The molecule has 0 spiro atoms. The smallest absolute Gasteiger partial charge is 0.161 e. The van der Waals surface area contributed by atoms with Gasteiger partial charge in [-0.15, -0.1) is 0 Å². The van der Waals surface area contributed by atoms with Crippen molar-refractivity contribution in [1.29, 1.82) is 5.26 Å². The molecule has 0 aliphatic carbocycles. The average molecular weight is 308 g/mol. The quantitative estimate of drug-likeness (QED) is 0.868. The van der Waals surface area contributed by atoms with Crippen LogP contribution in [0.5, 0.6) is 11.5 Å². The Morgan fingerprint density at radius 1 is 1.04 bits per heavy atom. The molecule has 2 aromatic rings. The van der Waals surface area contributed by atoms with Crippen molar-refractivity contribution in [3.63, 3.8) is 0 Å². The Morgan fingerprint density at radius 2 is 1.74 bits per heavy atom. The van der Waals surface area contributed by atoms with E-state index in [0.29, 0.717) is 19.6 Å². The second-order valence-corrected chi connectivity index (χ2v) is 5.85. The van der Waals surface area contributed by atoms with E-state index >= 15 is 0 Å². The van der Waals surface area contributed by atoms with Crippen LogP contribution < -0.4 is 14.4 Å². The maximum atomic E-state index is 9.54. The molecule has 3 rings (SSSR count). The van der Waals surface area contributed by atoms with Crippen LogP contribution in [-0.2, 0) is 6.42 Å². The van der Waals surface area contributed by atoms with Crippen LogP contribution in [0, 0.1) is 11.3 Å². The predicted octanol–water partition coefficient (Wildman–Crippen LogP) is 3.37. The first-order chi connectivity index (χ1) is 11.2. The van der Waals surface area contributed by atoms with Gasteiger partial charge in [-0.3, -0.25) is 0 Å². The molecule has 2 aromatic carbocycles. The summed E-state index contributed by atoms with van der Waals surface area (Å²) in [5.41, 5.74) is 3.25. The van der Waals surface area contributed by atoms with E-state index < -0.39 is 0 Å². The highest BCUT2D eigenvalue weighted by atomic mass is 16.6. The van der Waals surface area contributed by atoms with Gasteiger partial charge in [-0.05, 0) is 41.8 Å². The van der Waals surface area contributed by atoms with Crippen molar-refractivity contribution in [3.05, 3.63) is 53.6 Å². The van der Waals surface area contributed by atoms with Gasteiger partial charge < -0.3 is 14.4 Å². The van der Waals surface area contributed by atoms with Gasteiger partial charge in [0.05, 0.1) is 12.0 Å². The fourth-order valence-electron chi connectivity index (χ4n) is 2.69. The molecule has 1 unspecified atom stereocenters. The van der Waals surface area contributed by atoms with E-state index in [2.05, 4.69) is 6.07 Å². The summed E-state index contributed by atoms with van der Waals surface area (Å²) >= 11 is 0. The highest BCUT2D eigenvalue weighted by Gasteiger charge is 2.16. The van der Waals surface area contributed by atoms with Crippen molar-refractivity contribution in [2.45, 2.75) is 12.3 Å². The predicted molar refractivity (Wildman–Crippen MR) is 90.3 cm³/mol. The second kappa shape index (κ2) is 6.62. The summed E-state index contributed by atoms with van der Waals surface area (Å²) in [5.74, 6) is 1.38. The first-order valence-corrected chi connectivity index (χ1v) is 7.73. The van der Waals surface area contributed by atoms with E-state index in [1.54, 1.807) is 0 Å². The first-order valence-electron chi connectivity index (χ1n) is 7.73. The third kappa shape index (κ3) is 3.40. The summed E-state index contributed by atoms with van der Waals surface area (Å²) < 4.78 is 11.1. The monoisotopic (exact) mass is 308 g/mol. The summed E-state index contributed by atoms with van der Waals surface area (Å²) in [6.07, 6.45) is 0.661. The van der Waals surface area contributed by atoms with Crippen molar-refractivity contribution in [2.24, 2.45) is 0 Å². The van der Waals surface area contributed by atoms with Gasteiger partial charge in [0.15, 0.2) is 11.5 Å². The normalized spacial score (nSPS) is 14.0. The molecular weight excluding hydrogens is 288 g/mol. The zero-order chi connectivity index (χ0) is 16.2. The molecule has 1 aliphatic heterocycles. The molecule has 0 N–H and O–H groups in total. The zero-order valence-electron chi connectivity index (χ0n) is 13.5. The van der Waals surface area contributed by atoms with Crippen LogP contribution in [0.2, 0.25) is 0 Å². The molecule has 23 heavy (non-hydrogen) atoms. The zero-order valence-corrected chi connectivity index (χ0v) is 13.5. The second-order valence-electron chi connectivity index (χ2n) is 5.85. The molecule has 1 aliphatic rings. The summed E-state index contributed by atoms with van der Waals surface area (Å²) in [7, 11) is 4.01. The third-order valence-electron chi connectivity index (χ3n) is 4.01. The maximum Gasteiger partial charge on any atom is 0.161 e. The summed E-state index contributed by atoms with van der Waals surface area (Å²) in [6.45, 7) is 1.16. The molecule has 0 saturated heterocycles. The third-order valence-corrected chi connectivity index (χ3v) is 4.01. The van der Waals surface area contributed by atoms with E-state index in [1.807, 2.05) is 61.5 Å². The molecule has 118 valence electrons. The van der Waals surface area contributed by atoms with E-state index in [-0.39, 0.29) is 5.92 Å². The molecule has 0 bridgehead atoms. The van der Waals surface area contributed by atoms with Crippen molar-refractivity contribution in [2.75, 3.05) is 32.2 Å². The Labute approximate surface area is 136 Å². The number of fused-ring (bicyclic) bond motifs is 1. The summed E-state index contributed by atoms with van der Waals surface area (Å²) in [5, 5.41) is 9.54. The van der Waals surface area contributed by atoms with Crippen molar-refractivity contribution >= 4 is 5.69 Å². The molecule has 0 saturated carbocycles. The molecule has 0 fully saturated rings. The van der Waals surface area contributed by atoms with Crippen LogP contribution in [0.15, 0.2) is 42.5 Å². The summed E-state index contributed by atoms with van der Waals surface area (Å²) in [4.78, 5) is 2.05. The Hall–Kier alpha value is -2.67. The lowest BCUT2D eigenvalue weighted by atomic mass is 9.93. The van der Waals surface area contributed by atoms with Crippen molar-refractivity contribution in [1.82, 2.24) is 0 Å². The molecule has 1 heterocycles. The number of rotatable bonds is 4. The van der Waals surface area contributed by atoms with Gasteiger partial charge in [-0.2, -0.15) is 5.26 Å². The topological polar surface area (TPSA) is 45.5 Å². The number of hydrogen-bond donors (Lipinski definition) is 0. The van der Waals surface area contributed by atoms with Crippen LogP contribution in [0.1, 0.15) is 17.0 Å². The minimum atomic E-state index is -0.172. The van der Waals surface area contributed by atoms with Crippen molar-refractivity contribution < 1.29 is 9.47 Å². The molecule has 4 heteroatoms. The Morgan fingerprint density at radius 3 is 2.39 bits per heavy atom. The van der Waals surface area contributed by atoms with E-state index in [4.69, 9.17) is 9.47 Å². The number of anilines is 1. The van der Waals surface area contributed by atoms with Gasteiger partial charge >= 0.3 is 0 Å². The Bertz CT molecular complexity index is 717. The standard InChI is InChI=1S/C19H20N2O2/c1-21(2)17-6-4-15(5-7-17)16(13-20)11-14-3-8-18-19(12-14)23-10-9-22-18/h3-8,12,16H,9-11H2,1-2H3. The fourth-order valence-corrected chi connectivity index (χ4v) is 2.69. The lowest BCUT2D eigenvalue weighted by Gasteiger charge is -2.19. The van der Waals surface area contributed by atoms with Gasteiger partial charge in [0.2, 0.25) is 0 Å². The highest BCUT2D eigenvalue weighted by molar-refractivity contribution is 5.48. The molecule has 4 nitrogen and oxygen atoms in total. The van der Waals surface area contributed by atoms with Crippen LogP contribution in [0.4, 0.5) is 5.69 Å².